The van der Waals surface area contributed by atoms with Gasteiger partial charge in [0.1, 0.15) is 0 Å². The van der Waals surface area contributed by atoms with E-state index in [-0.39, 0.29) is 11.9 Å². The molecule has 3 amide bonds. The number of rotatable bonds is 5. The number of aliphatic hydroxyl groups is 1. The van der Waals surface area contributed by atoms with Gasteiger partial charge >= 0.3 is 6.03 Å². The standard InChI is InChI=1S/C19H26ClN3O3/c20-16-5-3-15(4-6-16)14-19(26)7-11-22(12-8-19)13-9-21-18(25)23-10-1-2-17(23)24/h3-6,26H,1-2,7-14H2,(H,21,25). The predicted molar refractivity (Wildman–Crippen MR) is 100 cm³/mol. The summed E-state index contributed by atoms with van der Waals surface area (Å²) < 4.78 is 0. The average molecular weight is 380 g/mol. The third-order valence-electron chi connectivity index (χ3n) is 5.26. The maximum atomic E-state index is 12.0. The number of piperidine rings is 1. The van der Waals surface area contributed by atoms with Gasteiger partial charge < -0.3 is 15.3 Å². The van der Waals surface area contributed by atoms with E-state index in [0.29, 0.717) is 43.8 Å². The van der Waals surface area contributed by atoms with E-state index in [4.69, 9.17) is 11.6 Å². The van der Waals surface area contributed by atoms with Gasteiger partial charge in [0.25, 0.3) is 0 Å². The molecule has 0 unspecified atom stereocenters. The fourth-order valence-corrected chi connectivity index (χ4v) is 3.76. The number of nitrogens with one attached hydrogen (secondary N) is 1. The summed E-state index contributed by atoms with van der Waals surface area (Å²) >= 11 is 5.91. The second kappa shape index (κ2) is 8.37. The lowest BCUT2D eigenvalue weighted by atomic mass is 9.85. The summed E-state index contributed by atoms with van der Waals surface area (Å²) in [4.78, 5) is 27.0. The van der Waals surface area contributed by atoms with Gasteiger partial charge in [0, 0.05) is 50.6 Å². The Morgan fingerprint density at radius 2 is 1.88 bits per heavy atom. The topological polar surface area (TPSA) is 72.9 Å². The Bertz CT molecular complexity index is 642. The zero-order valence-corrected chi connectivity index (χ0v) is 15.7. The maximum Gasteiger partial charge on any atom is 0.324 e. The predicted octanol–water partition coefficient (Wildman–Crippen LogP) is 2.04. The van der Waals surface area contributed by atoms with E-state index < -0.39 is 5.60 Å². The molecule has 0 saturated carbocycles. The molecular formula is C19H26ClN3O3. The SMILES string of the molecule is O=C1CCCN1C(=O)NCCN1CCC(O)(Cc2ccc(Cl)cc2)CC1. The summed E-state index contributed by atoms with van der Waals surface area (Å²) in [5.41, 5.74) is 0.406. The Morgan fingerprint density at radius 1 is 1.19 bits per heavy atom. The van der Waals surface area contributed by atoms with Crippen LogP contribution < -0.4 is 5.32 Å². The van der Waals surface area contributed by atoms with Crippen LogP contribution in [-0.4, -0.2) is 65.2 Å². The Kier molecular flexibility index (Phi) is 6.16. The van der Waals surface area contributed by atoms with Crippen molar-refractivity contribution in [3.8, 4) is 0 Å². The van der Waals surface area contributed by atoms with Gasteiger partial charge in [-0.2, -0.15) is 0 Å². The molecule has 2 saturated heterocycles. The number of imide groups is 1. The minimum atomic E-state index is -0.685. The molecule has 2 fully saturated rings. The lowest BCUT2D eigenvalue weighted by Gasteiger charge is -2.38. The van der Waals surface area contributed by atoms with Gasteiger partial charge in [0.15, 0.2) is 0 Å². The molecule has 0 radical (unpaired) electrons. The van der Waals surface area contributed by atoms with Crippen LogP contribution >= 0.6 is 11.6 Å². The number of carbonyl (C=O) groups excluding carboxylic acids is 2. The molecule has 0 aliphatic carbocycles. The van der Waals surface area contributed by atoms with Crippen LogP contribution in [0.1, 0.15) is 31.2 Å². The van der Waals surface area contributed by atoms with Crippen LogP contribution in [0.15, 0.2) is 24.3 Å². The molecule has 2 aliphatic rings. The van der Waals surface area contributed by atoms with Gasteiger partial charge in [-0.1, -0.05) is 23.7 Å². The average Bonchev–Trinajstić information content (AvgIpc) is 3.05. The van der Waals surface area contributed by atoms with Gasteiger partial charge in [-0.25, -0.2) is 4.79 Å². The lowest BCUT2D eigenvalue weighted by molar-refractivity contribution is -0.125. The molecule has 0 aromatic heterocycles. The number of benzene rings is 1. The highest BCUT2D eigenvalue weighted by Gasteiger charge is 2.32. The molecule has 0 spiro atoms. The van der Waals surface area contributed by atoms with Crippen molar-refractivity contribution in [3.63, 3.8) is 0 Å². The first-order chi connectivity index (χ1) is 12.5. The van der Waals surface area contributed by atoms with E-state index in [1.807, 2.05) is 24.3 Å². The molecule has 6 nitrogen and oxygen atoms in total. The number of likely N-dealkylation sites (tertiary alicyclic amines) is 2. The van der Waals surface area contributed by atoms with Gasteiger partial charge in [0.2, 0.25) is 5.91 Å². The number of carbonyl (C=O) groups is 2. The molecule has 7 heteroatoms. The van der Waals surface area contributed by atoms with Gasteiger partial charge in [-0.05, 0) is 37.0 Å². The molecular weight excluding hydrogens is 354 g/mol. The first kappa shape index (κ1) is 19.1. The highest BCUT2D eigenvalue weighted by atomic mass is 35.5. The molecule has 2 heterocycles. The van der Waals surface area contributed by atoms with Crippen molar-refractivity contribution in [2.45, 2.75) is 37.7 Å². The Hall–Kier alpha value is -1.63. The fourth-order valence-electron chi connectivity index (χ4n) is 3.63. The molecule has 1 aromatic carbocycles. The van der Waals surface area contributed by atoms with Crippen molar-refractivity contribution < 1.29 is 14.7 Å². The number of hydrogen-bond donors (Lipinski definition) is 2. The van der Waals surface area contributed by atoms with Crippen molar-refractivity contribution in [1.29, 1.82) is 0 Å². The molecule has 1 aromatic rings. The third kappa shape index (κ3) is 4.96. The van der Waals surface area contributed by atoms with E-state index in [2.05, 4.69) is 10.2 Å². The van der Waals surface area contributed by atoms with Crippen molar-refractivity contribution in [1.82, 2.24) is 15.1 Å². The summed E-state index contributed by atoms with van der Waals surface area (Å²) in [7, 11) is 0. The van der Waals surface area contributed by atoms with Gasteiger partial charge in [-0.15, -0.1) is 0 Å². The van der Waals surface area contributed by atoms with Crippen molar-refractivity contribution in [2.24, 2.45) is 0 Å². The van der Waals surface area contributed by atoms with E-state index >= 15 is 0 Å². The highest BCUT2D eigenvalue weighted by Crippen LogP contribution is 2.26. The minimum Gasteiger partial charge on any atom is -0.389 e. The lowest BCUT2D eigenvalue weighted by Crippen LogP contribution is -2.48. The monoisotopic (exact) mass is 379 g/mol. The third-order valence-corrected chi connectivity index (χ3v) is 5.51. The van der Waals surface area contributed by atoms with Crippen LogP contribution in [0, 0.1) is 0 Å². The van der Waals surface area contributed by atoms with Crippen molar-refractivity contribution in [3.05, 3.63) is 34.9 Å². The maximum absolute atomic E-state index is 12.0. The van der Waals surface area contributed by atoms with Crippen LogP contribution in [0.25, 0.3) is 0 Å². The van der Waals surface area contributed by atoms with E-state index in [0.717, 1.165) is 31.6 Å². The van der Waals surface area contributed by atoms with E-state index in [1.165, 1.54) is 4.90 Å². The van der Waals surface area contributed by atoms with E-state index in [9.17, 15) is 14.7 Å². The summed E-state index contributed by atoms with van der Waals surface area (Å²) in [5, 5.41) is 14.3. The zero-order chi connectivity index (χ0) is 18.6. The molecule has 3 rings (SSSR count). The molecule has 0 bridgehead atoms. The first-order valence-corrected chi connectivity index (χ1v) is 9.60. The fraction of sp³-hybridized carbons (Fsp3) is 0.579. The quantitative estimate of drug-likeness (QED) is 0.821. The van der Waals surface area contributed by atoms with Crippen molar-refractivity contribution >= 4 is 23.5 Å². The molecule has 142 valence electrons. The normalized spacial score (nSPS) is 20.4. The Labute approximate surface area is 159 Å². The second-order valence-corrected chi connectivity index (χ2v) is 7.69. The summed E-state index contributed by atoms with van der Waals surface area (Å²) in [6.45, 7) is 3.35. The number of hydrogen-bond acceptors (Lipinski definition) is 4. The Morgan fingerprint density at radius 3 is 2.50 bits per heavy atom. The molecule has 2 aliphatic heterocycles. The highest BCUT2D eigenvalue weighted by molar-refractivity contribution is 6.30. The van der Waals surface area contributed by atoms with Crippen LogP contribution in [-0.2, 0) is 11.2 Å². The molecule has 2 N–H and O–H groups in total. The van der Waals surface area contributed by atoms with E-state index in [1.54, 1.807) is 0 Å². The van der Waals surface area contributed by atoms with Crippen LogP contribution in [0.5, 0.6) is 0 Å². The summed E-state index contributed by atoms with van der Waals surface area (Å²) in [6.07, 6.45) is 3.25. The van der Waals surface area contributed by atoms with Crippen LogP contribution in [0.4, 0.5) is 4.79 Å². The Balaban J connectivity index is 1.38. The van der Waals surface area contributed by atoms with Gasteiger partial charge in [-0.3, -0.25) is 9.69 Å². The largest absolute Gasteiger partial charge is 0.389 e. The van der Waals surface area contributed by atoms with Crippen LogP contribution in [0.2, 0.25) is 5.02 Å². The minimum absolute atomic E-state index is 0.0901. The zero-order valence-electron chi connectivity index (χ0n) is 14.9. The number of amides is 3. The summed E-state index contributed by atoms with van der Waals surface area (Å²) in [6, 6.07) is 7.33. The smallest absolute Gasteiger partial charge is 0.324 e. The number of nitrogens with zero attached hydrogens (tertiary/aromatic N) is 2. The summed E-state index contributed by atoms with van der Waals surface area (Å²) in [5.74, 6) is -0.0901. The second-order valence-electron chi connectivity index (χ2n) is 7.25. The van der Waals surface area contributed by atoms with Crippen LogP contribution in [0.3, 0.4) is 0 Å². The molecule has 0 atom stereocenters. The van der Waals surface area contributed by atoms with Gasteiger partial charge in [0.05, 0.1) is 5.60 Å². The molecule has 26 heavy (non-hydrogen) atoms. The number of urea groups is 1. The first-order valence-electron chi connectivity index (χ1n) is 9.23. The van der Waals surface area contributed by atoms with Crippen molar-refractivity contribution in [2.75, 3.05) is 32.7 Å². The number of halogens is 1.